The Bertz CT molecular complexity index is 2010. The Labute approximate surface area is 301 Å². The summed E-state index contributed by atoms with van der Waals surface area (Å²) in [7, 11) is -2.46. The maximum absolute atomic E-state index is 14.6. The highest BCUT2D eigenvalue weighted by molar-refractivity contribution is 7.92. The van der Waals surface area contributed by atoms with Gasteiger partial charge >= 0.3 is 0 Å². The summed E-state index contributed by atoms with van der Waals surface area (Å²) in [5.74, 6) is 0.590. The molecule has 1 saturated heterocycles. The largest absolute Gasteiger partial charge is 0.475 e. The molecular weight excluding hydrogens is 665 g/mol. The number of nitrogens with one attached hydrogen (secondary N) is 1. The maximum atomic E-state index is 14.6. The number of methoxy groups -OCH3 is 1. The van der Waals surface area contributed by atoms with Gasteiger partial charge in [-0.1, -0.05) is 51.1 Å². The summed E-state index contributed by atoms with van der Waals surface area (Å²) in [6.45, 7) is 14.3. The van der Waals surface area contributed by atoms with E-state index in [4.69, 9.17) is 14.5 Å². The van der Waals surface area contributed by atoms with Crippen LogP contribution in [0.5, 0.6) is 5.88 Å². The summed E-state index contributed by atoms with van der Waals surface area (Å²) in [6, 6.07) is 19.2. The fourth-order valence-corrected chi connectivity index (χ4v) is 8.29. The number of carbonyl (C=O) groups is 1. The third-order valence-corrected chi connectivity index (χ3v) is 11.0. The zero-order chi connectivity index (χ0) is 36.6. The first-order chi connectivity index (χ1) is 24.2. The van der Waals surface area contributed by atoms with Crippen molar-refractivity contribution in [2.24, 2.45) is 5.41 Å². The summed E-state index contributed by atoms with van der Waals surface area (Å²) in [5, 5.41) is 0. The molecule has 270 valence electrons. The average Bonchev–Trinajstić information content (AvgIpc) is 3.45. The lowest BCUT2D eigenvalue weighted by Gasteiger charge is -2.37. The van der Waals surface area contributed by atoms with Crippen LogP contribution >= 0.6 is 0 Å². The number of fused-ring (bicyclic) bond motifs is 4. The second kappa shape index (κ2) is 14.2. The zero-order valence-electron chi connectivity index (χ0n) is 30.6. The van der Waals surface area contributed by atoms with E-state index < -0.39 is 16.1 Å². The molecule has 0 unspecified atom stereocenters. The molecule has 51 heavy (non-hydrogen) atoms. The van der Waals surface area contributed by atoms with Gasteiger partial charge in [-0.3, -0.25) is 4.79 Å². The first-order valence-electron chi connectivity index (χ1n) is 17.4. The molecule has 2 atom stereocenters. The number of sulfonamides is 1. The zero-order valence-corrected chi connectivity index (χ0v) is 31.4. The van der Waals surface area contributed by atoms with Crippen LogP contribution in [0.1, 0.15) is 74.1 Å². The van der Waals surface area contributed by atoms with Crippen LogP contribution in [0.2, 0.25) is 0 Å². The lowest BCUT2D eigenvalue weighted by molar-refractivity contribution is 0.0509. The van der Waals surface area contributed by atoms with Gasteiger partial charge in [0, 0.05) is 30.8 Å². The van der Waals surface area contributed by atoms with Crippen LogP contribution in [-0.4, -0.2) is 72.6 Å². The highest BCUT2D eigenvalue weighted by Crippen LogP contribution is 2.35. The van der Waals surface area contributed by atoms with Crippen LogP contribution in [0.3, 0.4) is 0 Å². The van der Waals surface area contributed by atoms with Crippen LogP contribution in [-0.2, 0) is 21.3 Å². The molecule has 1 N–H and O–H groups in total. The van der Waals surface area contributed by atoms with Gasteiger partial charge in [0.1, 0.15) is 12.4 Å². The third kappa shape index (κ3) is 8.02. The summed E-state index contributed by atoms with van der Waals surface area (Å²) in [5.41, 5.74) is 3.93. The van der Waals surface area contributed by atoms with E-state index in [0.29, 0.717) is 24.4 Å². The molecule has 1 amide bonds. The van der Waals surface area contributed by atoms with Crippen molar-refractivity contribution in [1.82, 2.24) is 19.9 Å². The molecule has 2 aliphatic heterocycles. The second-order valence-corrected chi connectivity index (χ2v) is 16.8. The normalized spacial score (nSPS) is 20.5. The smallest absolute Gasteiger partial charge is 0.264 e. The number of ether oxygens (including phenoxy) is 2. The van der Waals surface area contributed by atoms with E-state index >= 15 is 0 Å². The number of benzene rings is 2. The topological polar surface area (TPSA) is 127 Å². The molecule has 0 aliphatic carbocycles. The average molecular weight is 713 g/mol. The van der Waals surface area contributed by atoms with Crippen molar-refractivity contribution in [2.45, 2.75) is 83.8 Å². The Kier molecular flexibility index (Phi) is 10.1. The first-order valence-corrected chi connectivity index (χ1v) is 18.9. The number of hydrogen-bond acceptors (Lipinski definition) is 9. The molecule has 4 aromatic rings. The molecule has 6 rings (SSSR count). The minimum absolute atomic E-state index is 0.0740. The van der Waals surface area contributed by atoms with Crippen molar-refractivity contribution >= 4 is 27.7 Å². The molecule has 0 saturated carbocycles. The summed E-state index contributed by atoms with van der Waals surface area (Å²) >= 11 is 0. The maximum Gasteiger partial charge on any atom is 0.264 e. The van der Waals surface area contributed by atoms with E-state index in [0.717, 1.165) is 41.9 Å². The van der Waals surface area contributed by atoms with Gasteiger partial charge in [0.05, 0.1) is 41.0 Å². The number of pyridine rings is 1. The van der Waals surface area contributed by atoms with Gasteiger partial charge in [-0.2, -0.15) is 4.98 Å². The molecule has 2 aliphatic rings. The van der Waals surface area contributed by atoms with Crippen molar-refractivity contribution in [1.29, 1.82) is 0 Å². The van der Waals surface area contributed by atoms with Gasteiger partial charge in [-0.15, -0.1) is 0 Å². The Hall–Kier alpha value is -4.55. The summed E-state index contributed by atoms with van der Waals surface area (Å²) in [4.78, 5) is 32.8. The number of amides is 1. The van der Waals surface area contributed by atoms with Crippen molar-refractivity contribution in [2.75, 3.05) is 36.5 Å². The van der Waals surface area contributed by atoms with E-state index in [1.54, 1.807) is 30.2 Å². The van der Waals surface area contributed by atoms with Crippen molar-refractivity contribution in [3.63, 3.8) is 0 Å². The van der Waals surface area contributed by atoms with Crippen LogP contribution in [0.4, 0.5) is 11.8 Å². The highest BCUT2D eigenvalue weighted by atomic mass is 32.2. The predicted molar refractivity (Wildman–Crippen MR) is 199 cm³/mol. The van der Waals surface area contributed by atoms with Crippen molar-refractivity contribution < 1.29 is 22.7 Å². The standard InChI is InChI=1S/C39H48N6O5S/c1-26-12-8-13-27(2)35(26)32-21-34-42-37(41-32)43-51(47,48)31-16-9-14-28(20-31)36(46)44(30(24-50-34)22-38(3,4)5)23-29-15-10-17-33(40-29)45-19-11-18-39(45,6)25-49-7/h8-10,12-17,20-21,30H,11,18-19,22-25H2,1-7H3,(H,41,42,43)/t30-,39+/m1/s1. The lowest BCUT2D eigenvalue weighted by atomic mass is 9.87. The van der Waals surface area contributed by atoms with Crippen LogP contribution in [0, 0.1) is 19.3 Å². The SMILES string of the molecule is COC[C@]1(C)CCCN1c1cccc(CN2C(=O)c3cccc(c3)S(=O)(=O)Nc3nc(cc(-c4c(C)cccc4C)n3)OC[C@H]2CC(C)(C)C)n1. The molecule has 2 aromatic carbocycles. The minimum atomic E-state index is -4.18. The molecule has 12 heteroatoms. The molecule has 0 spiro atoms. The first kappa shape index (κ1) is 36.2. The number of anilines is 2. The minimum Gasteiger partial charge on any atom is -0.475 e. The van der Waals surface area contributed by atoms with Crippen molar-refractivity contribution in [3.8, 4) is 17.1 Å². The van der Waals surface area contributed by atoms with E-state index in [9.17, 15) is 13.2 Å². The molecular formula is C39H48N6O5S. The Morgan fingerprint density at radius 1 is 1.00 bits per heavy atom. The molecule has 11 nitrogen and oxygen atoms in total. The lowest BCUT2D eigenvalue weighted by Crippen LogP contribution is -2.46. The monoisotopic (exact) mass is 712 g/mol. The van der Waals surface area contributed by atoms with E-state index in [1.807, 2.05) is 50.2 Å². The summed E-state index contributed by atoms with van der Waals surface area (Å²) < 4.78 is 42.1. The second-order valence-electron chi connectivity index (χ2n) is 15.2. The highest BCUT2D eigenvalue weighted by Gasteiger charge is 2.38. The van der Waals surface area contributed by atoms with Gasteiger partial charge in [-0.05, 0) is 86.9 Å². The van der Waals surface area contributed by atoms with Gasteiger partial charge in [-0.25, -0.2) is 23.1 Å². The van der Waals surface area contributed by atoms with E-state index in [1.165, 1.54) is 12.1 Å². The number of rotatable bonds is 7. The summed E-state index contributed by atoms with van der Waals surface area (Å²) in [6.07, 6.45) is 2.62. The third-order valence-electron chi connectivity index (χ3n) is 9.64. The number of hydrogen-bond donors (Lipinski definition) is 1. The number of aromatic nitrogens is 3. The number of carbonyl (C=O) groups excluding carboxylic acids is 1. The predicted octanol–water partition coefficient (Wildman–Crippen LogP) is 6.80. The van der Waals surface area contributed by atoms with Crippen LogP contribution in [0.25, 0.3) is 11.3 Å². The Morgan fingerprint density at radius 2 is 1.73 bits per heavy atom. The molecule has 4 heterocycles. The fourth-order valence-electron chi connectivity index (χ4n) is 7.30. The van der Waals surface area contributed by atoms with Gasteiger partial charge < -0.3 is 19.3 Å². The van der Waals surface area contributed by atoms with Crippen LogP contribution < -0.4 is 14.4 Å². The van der Waals surface area contributed by atoms with Gasteiger partial charge in [0.15, 0.2) is 0 Å². The van der Waals surface area contributed by atoms with Crippen LogP contribution in [0.15, 0.2) is 71.6 Å². The van der Waals surface area contributed by atoms with E-state index in [2.05, 4.69) is 47.3 Å². The Morgan fingerprint density at radius 3 is 2.45 bits per heavy atom. The fraction of sp³-hybridized carbons (Fsp3) is 0.436. The van der Waals surface area contributed by atoms with Crippen molar-refractivity contribution in [3.05, 3.63) is 89.1 Å². The van der Waals surface area contributed by atoms with E-state index in [-0.39, 0.29) is 52.3 Å². The number of aryl methyl sites for hydroxylation is 2. The number of nitrogens with zero attached hydrogens (tertiary/aromatic N) is 5. The molecule has 0 radical (unpaired) electrons. The Balaban J connectivity index is 1.46. The molecule has 2 aromatic heterocycles. The molecule has 1 fully saturated rings. The van der Waals surface area contributed by atoms with Gasteiger partial charge in [0.25, 0.3) is 15.9 Å². The molecule has 4 bridgehead atoms. The van der Waals surface area contributed by atoms with Gasteiger partial charge in [0.2, 0.25) is 11.8 Å². The quantitative estimate of drug-likeness (QED) is 0.220.